The predicted octanol–water partition coefficient (Wildman–Crippen LogP) is 2.11. The summed E-state index contributed by atoms with van der Waals surface area (Å²) in [5.41, 5.74) is 2.88. The number of nitrogens with one attached hydrogen (secondary N) is 2. The lowest BCUT2D eigenvalue weighted by atomic mass is 10.2. The second-order valence-electron chi connectivity index (χ2n) is 5.31. The molecule has 1 aromatic carbocycles. The Morgan fingerprint density at radius 3 is 2.43 bits per heavy atom. The van der Waals surface area contributed by atoms with Crippen molar-refractivity contribution in [1.82, 2.24) is 20.5 Å². The van der Waals surface area contributed by atoms with E-state index in [1.807, 2.05) is 44.2 Å². The fraction of sp³-hybridized carbons (Fsp3) is 0.412. The van der Waals surface area contributed by atoms with E-state index in [2.05, 4.69) is 25.8 Å². The maximum atomic E-state index is 12.1. The quantitative estimate of drug-likeness (QED) is 0.818. The van der Waals surface area contributed by atoms with Gasteiger partial charge in [0.2, 0.25) is 11.9 Å². The Morgan fingerprint density at radius 2 is 1.78 bits per heavy atom. The lowest BCUT2D eigenvalue weighted by Gasteiger charge is -2.14. The van der Waals surface area contributed by atoms with E-state index in [1.165, 1.54) is 0 Å². The van der Waals surface area contributed by atoms with Crippen LogP contribution in [0.4, 0.5) is 5.95 Å². The molecule has 0 aliphatic heterocycles. The Kier molecular flexibility index (Phi) is 6.02. The lowest BCUT2D eigenvalue weighted by Crippen LogP contribution is -2.37. The average molecular weight is 313 g/mol. The zero-order chi connectivity index (χ0) is 16.7. The second kappa shape index (κ2) is 8.22. The molecule has 122 valence electrons. The van der Waals surface area contributed by atoms with E-state index >= 15 is 0 Å². The first kappa shape index (κ1) is 16.9. The number of aryl methyl sites for hydroxylation is 2. The van der Waals surface area contributed by atoms with Crippen LogP contribution in [-0.4, -0.2) is 27.1 Å². The summed E-state index contributed by atoms with van der Waals surface area (Å²) >= 11 is 0. The molecule has 0 bridgehead atoms. The first-order valence-corrected chi connectivity index (χ1v) is 7.94. The van der Waals surface area contributed by atoms with Crippen LogP contribution in [0, 0.1) is 0 Å². The van der Waals surface area contributed by atoms with Gasteiger partial charge < -0.3 is 10.6 Å². The van der Waals surface area contributed by atoms with Gasteiger partial charge in [-0.3, -0.25) is 4.79 Å². The van der Waals surface area contributed by atoms with Crippen molar-refractivity contribution in [2.24, 2.45) is 0 Å². The number of amides is 1. The third-order valence-electron chi connectivity index (χ3n) is 3.56. The van der Waals surface area contributed by atoms with Gasteiger partial charge >= 0.3 is 0 Å². The molecule has 2 rings (SSSR count). The largest absolute Gasteiger partial charge is 0.350 e. The van der Waals surface area contributed by atoms with Crippen molar-refractivity contribution in [1.29, 1.82) is 0 Å². The molecular weight excluding hydrogens is 290 g/mol. The zero-order valence-corrected chi connectivity index (χ0v) is 13.8. The normalized spacial score (nSPS) is 11.8. The summed E-state index contributed by atoms with van der Waals surface area (Å²) in [4.78, 5) is 16.6. The van der Waals surface area contributed by atoms with Crippen molar-refractivity contribution < 1.29 is 4.79 Å². The Bertz CT molecular complexity index is 645. The molecular formula is C17H23N5O. The third-order valence-corrected chi connectivity index (χ3v) is 3.56. The van der Waals surface area contributed by atoms with Gasteiger partial charge in [0.25, 0.3) is 0 Å². The number of nitrogens with zero attached hydrogens (tertiary/aromatic N) is 3. The standard InChI is InChI=1S/C17H23N5O/c1-4-14-15(5-2)21-22-17(20-14)19-12(3)16(23)18-11-13-9-7-6-8-10-13/h6-10,12H,4-5,11H2,1-3H3,(H,18,23)(H,19,20,22). The van der Waals surface area contributed by atoms with Crippen LogP contribution in [0.5, 0.6) is 0 Å². The van der Waals surface area contributed by atoms with Gasteiger partial charge in [-0.05, 0) is 25.3 Å². The molecule has 1 amide bonds. The predicted molar refractivity (Wildman–Crippen MR) is 90.0 cm³/mol. The fourth-order valence-electron chi connectivity index (χ4n) is 2.20. The molecule has 6 heteroatoms. The molecule has 0 spiro atoms. The number of hydrogen-bond donors (Lipinski definition) is 2. The third kappa shape index (κ3) is 4.74. The Morgan fingerprint density at radius 1 is 1.09 bits per heavy atom. The molecule has 0 aliphatic carbocycles. The molecule has 1 aromatic heterocycles. The van der Waals surface area contributed by atoms with Gasteiger partial charge in [0.1, 0.15) is 6.04 Å². The van der Waals surface area contributed by atoms with Crippen molar-refractivity contribution in [3.63, 3.8) is 0 Å². The lowest BCUT2D eigenvalue weighted by molar-refractivity contribution is -0.121. The Labute approximate surface area is 136 Å². The minimum atomic E-state index is -0.433. The summed E-state index contributed by atoms with van der Waals surface area (Å²) < 4.78 is 0. The van der Waals surface area contributed by atoms with Crippen LogP contribution in [0.25, 0.3) is 0 Å². The van der Waals surface area contributed by atoms with Gasteiger partial charge in [-0.15, -0.1) is 5.10 Å². The van der Waals surface area contributed by atoms with Crippen LogP contribution in [0.3, 0.4) is 0 Å². The van der Waals surface area contributed by atoms with Crippen molar-refractivity contribution in [2.75, 3.05) is 5.32 Å². The highest BCUT2D eigenvalue weighted by Gasteiger charge is 2.15. The Balaban J connectivity index is 1.93. The number of rotatable bonds is 7. The smallest absolute Gasteiger partial charge is 0.243 e. The first-order valence-electron chi connectivity index (χ1n) is 7.94. The number of anilines is 1. The number of benzene rings is 1. The molecule has 23 heavy (non-hydrogen) atoms. The van der Waals surface area contributed by atoms with E-state index in [-0.39, 0.29) is 5.91 Å². The zero-order valence-electron chi connectivity index (χ0n) is 13.8. The molecule has 1 heterocycles. The maximum Gasteiger partial charge on any atom is 0.243 e. The maximum absolute atomic E-state index is 12.1. The van der Waals surface area contributed by atoms with Crippen molar-refractivity contribution in [3.05, 3.63) is 47.3 Å². The van der Waals surface area contributed by atoms with Gasteiger partial charge in [-0.2, -0.15) is 5.10 Å². The van der Waals surface area contributed by atoms with Gasteiger partial charge in [0.05, 0.1) is 11.4 Å². The summed E-state index contributed by atoms with van der Waals surface area (Å²) in [5.74, 6) is 0.288. The molecule has 0 radical (unpaired) electrons. The van der Waals surface area contributed by atoms with Gasteiger partial charge in [-0.1, -0.05) is 44.2 Å². The van der Waals surface area contributed by atoms with Crippen LogP contribution in [0.15, 0.2) is 30.3 Å². The number of carbonyl (C=O) groups is 1. The van der Waals surface area contributed by atoms with Crippen molar-refractivity contribution in [2.45, 2.75) is 46.2 Å². The van der Waals surface area contributed by atoms with Gasteiger partial charge in [-0.25, -0.2) is 4.98 Å². The van der Waals surface area contributed by atoms with Crippen molar-refractivity contribution >= 4 is 11.9 Å². The molecule has 0 aliphatic rings. The van der Waals surface area contributed by atoms with Crippen LogP contribution in [0.2, 0.25) is 0 Å². The number of carbonyl (C=O) groups excluding carboxylic acids is 1. The highest BCUT2D eigenvalue weighted by atomic mass is 16.2. The van der Waals surface area contributed by atoms with Crippen molar-refractivity contribution in [3.8, 4) is 0 Å². The molecule has 0 saturated carbocycles. The number of hydrogen-bond acceptors (Lipinski definition) is 5. The van der Waals surface area contributed by atoms with Crippen LogP contribution >= 0.6 is 0 Å². The second-order valence-corrected chi connectivity index (χ2v) is 5.31. The molecule has 2 N–H and O–H groups in total. The van der Waals surface area contributed by atoms with Crippen LogP contribution in [-0.2, 0) is 24.2 Å². The summed E-state index contributed by atoms with van der Waals surface area (Å²) in [6.45, 7) is 6.34. The highest BCUT2D eigenvalue weighted by Crippen LogP contribution is 2.08. The van der Waals surface area contributed by atoms with E-state index in [1.54, 1.807) is 6.92 Å². The van der Waals surface area contributed by atoms with Crippen LogP contribution in [0.1, 0.15) is 37.7 Å². The molecule has 0 saturated heterocycles. The molecule has 1 atom stereocenters. The van der Waals surface area contributed by atoms with E-state index in [0.29, 0.717) is 12.5 Å². The average Bonchev–Trinajstić information content (AvgIpc) is 2.60. The van der Waals surface area contributed by atoms with E-state index < -0.39 is 6.04 Å². The summed E-state index contributed by atoms with van der Waals surface area (Å²) in [6, 6.07) is 9.36. The minimum Gasteiger partial charge on any atom is -0.350 e. The van der Waals surface area contributed by atoms with E-state index in [0.717, 1.165) is 29.8 Å². The van der Waals surface area contributed by atoms with E-state index in [9.17, 15) is 4.79 Å². The molecule has 0 fully saturated rings. The first-order chi connectivity index (χ1) is 11.1. The van der Waals surface area contributed by atoms with Gasteiger partial charge in [0.15, 0.2) is 0 Å². The SMILES string of the molecule is CCc1nnc(NC(C)C(=O)NCc2ccccc2)nc1CC. The minimum absolute atomic E-state index is 0.102. The molecule has 6 nitrogen and oxygen atoms in total. The highest BCUT2D eigenvalue weighted by molar-refractivity contribution is 5.83. The summed E-state index contributed by atoms with van der Waals surface area (Å²) in [5, 5.41) is 14.1. The summed E-state index contributed by atoms with van der Waals surface area (Å²) in [6.07, 6.45) is 1.60. The molecule has 2 aromatic rings. The Hall–Kier alpha value is -2.50. The number of aromatic nitrogens is 3. The molecule has 1 unspecified atom stereocenters. The van der Waals surface area contributed by atoms with E-state index in [4.69, 9.17) is 0 Å². The van der Waals surface area contributed by atoms with Crippen LogP contribution < -0.4 is 10.6 Å². The fourth-order valence-corrected chi connectivity index (χ4v) is 2.20. The topological polar surface area (TPSA) is 79.8 Å². The summed E-state index contributed by atoms with van der Waals surface area (Å²) in [7, 11) is 0. The van der Waals surface area contributed by atoms with Gasteiger partial charge in [0, 0.05) is 6.54 Å². The monoisotopic (exact) mass is 313 g/mol.